The van der Waals surface area contributed by atoms with E-state index in [0.717, 1.165) is 0 Å². The molecule has 0 spiro atoms. The number of halogens is 2. The fourth-order valence-corrected chi connectivity index (χ4v) is 4.98. The number of amidine groups is 1. The molecule has 1 amide bonds. The SMILES string of the molecule is COC(=O)C1=C(C2CN(C(=O)c3cnoc3C)C2)NC(c2nccs2)=NC1c1ccc(F)cc1Cl. The number of carbonyl (C=O) groups is 2. The van der Waals surface area contributed by atoms with Gasteiger partial charge in [0.05, 0.1) is 18.9 Å². The second-order valence-electron chi connectivity index (χ2n) is 8.03. The van der Waals surface area contributed by atoms with Gasteiger partial charge in [0.2, 0.25) is 0 Å². The zero-order valence-corrected chi connectivity index (χ0v) is 20.2. The van der Waals surface area contributed by atoms with Gasteiger partial charge in [0.15, 0.2) is 10.8 Å². The summed E-state index contributed by atoms with van der Waals surface area (Å²) in [5.74, 6) is -0.624. The fourth-order valence-electron chi connectivity index (χ4n) is 4.12. The molecule has 35 heavy (non-hydrogen) atoms. The van der Waals surface area contributed by atoms with E-state index in [0.29, 0.717) is 46.5 Å². The maximum atomic E-state index is 13.8. The van der Waals surface area contributed by atoms with Gasteiger partial charge < -0.3 is 19.5 Å². The number of rotatable bonds is 5. The van der Waals surface area contributed by atoms with Crippen LogP contribution < -0.4 is 5.32 Å². The second-order valence-corrected chi connectivity index (χ2v) is 9.33. The van der Waals surface area contributed by atoms with Crippen LogP contribution >= 0.6 is 22.9 Å². The third kappa shape index (κ3) is 4.21. The molecule has 0 saturated carbocycles. The summed E-state index contributed by atoms with van der Waals surface area (Å²) >= 11 is 7.75. The van der Waals surface area contributed by atoms with Gasteiger partial charge in [-0.2, -0.15) is 0 Å². The van der Waals surface area contributed by atoms with E-state index < -0.39 is 17.8 Å². The first kappa shape index (κ1) is 23.2. The van der Waals surface area contributed by atoms with Crippen molar-refractivity contribution in [2.45, 2.75) is 13.0 Å². The number of esters is 1. The minimum absolute atomic E-state index is 0.133. The van der Waals surface area contributed by atoms with Gasteiger partial charge in [-0.05, 0) is 19.1 Å². The van der Waals surface area contributed by atoms with E-state index in [9.17, 15) is 14.0 Å². The van der Waals surface area contributed by atoms with Crippen LogP contribution in [0.25, 0.3) is 0 Å². The summed E-state index contributed by atoms with van der Waals surface area (Å²) in [7, 11) is 1.28. The van der Waals surface area contributed by atoms with Crippen molar-refractivity contribution < 1.29 is 23.2 Å². The molecule has 4 heterocycles. The molecule has 2 aliphatic rings. The quantitative estimate of drug-likeness (QED) is 0.518. The lowest BCUT2D eigenvalue weighted by Gasteiger charge is -2.42. The van der Waals surface area contributed by atoms with Gasteiger partial charge in [0.25, 0.3) is 5.91 Å². The van der Waals surface area contributed by atoms with E-state index in [1.807, 2.05) is 5.38 Å². The molecule has 9 nitrogen and oxygen atoms in total. The predicted octanol–water partition coefficient (Wildman–Crippen LogP) is 3.52. The Morgan fingerprint density at radius 3 is 2.77 bits per heavy atom. The molecule has 12 heteroatoms. The highest BCUT2D eigenvalue weighted by atomic mass is 35.5. The number of nitrogens with zero attached hydrogens (tertiary/aromatic N) is 4. The van der Waals surface area contributed by atoms with Crippen LogP contribution in [-0.2, 0) is 9.53 Å². The van der Waals surface area contributed by atoms with Crippen molar-refractivity contribution in [1.82, 2.24) is 20.4 Å². The van der Waals surface area contributed by atoms with Crippen molar-refractivity contribution in [1.29, 1.82) is 0 Å². The third-order valence-electron chi connectivity index (χ3n) is 5.93. The number of amides is 1. The maximum absolute atomic E-state index is 13.8. The summed E-state index contributed by atoms with van der Waals surface area (Å²) < 4.78 is 23.9. The van der Waals surface area contributed by atoms with Gasteiger partial charge >= 0.3 is 5.97 Å². The van der Waals surface area contributed by atoms with E-state index in [-0.39, 0.29) is 22.4 Å². The second kappa shape index (κ2) is 9.23. The van der Waals surface area contributed by atoms with Crippen molar-refractivity contribution in [3.8, 4) is 0 Å². The van der Waals surface area contributed by atoms with Crippen LogP contribution in [-0.4, -0.2) is 53.0 Å². The summed E-state index contributed by atoms with van der Waals surface area (Å²) in [5, 5.41) is 9.47. The average molecular weight is 516 g/mol. The Kier molecular flexibility index (Phi) is 6.12. The zero-order chi connectivity index (χ0) is 24.7. The van der Waals surface area contributed by atoms with E-state index in [4.69, 9.17) is 25.9 Å². The Morgan fingerprint density at radius 2 is 2.14 bits per heavy atom. The van der Waals surface area contributed by atoms with Crippen molar-refractivity contribution in [3.63, 3.8) is 0 Å². The highest BCUT2D eigenvalue weighted by Crippen LogP contribution is 2.40. The number of hydrogen-bond donors (Lipinski definition) is 1. The van der Waals surface area contributed by atoms with Gasteiger partial charge in [-0.3, -0.25) is 9.79 Å². The molecule has 180 valence electrons. The highest BCUT2D eigenvalue weighted by Gasteiger charge is 2.42. The lowest BCUT2D eigenvalue weighted by molar-refractivity contribution is -0.136. The molecular weight excluding hydrogens is 497 g/mol. The number of hydrogen-bond acceptors (Lipinski definition) is 9. The molecule has 0 aliphatic carbocycles. The molecule has 3 aromatic rings. The molecule has 2 aromatic heterocycles. The Hall–Kier alpha value is -3.57. The lowest BCUT2D eigenvalue weighted by atomic mass is 9.86. The first-order valence-corrected chi connectivity index (χ1v) is 11.9. The first-order valence-electron chi connectivity index (χ1n) is 10.6. The van der Waals surface area contributed by atoms with Gasteiger partial charge in [0, 0.05) is 46.9 Å². The van der Waals surface area contributed by atoms with Gasteiger partial charge in [-0.1, -0.05) is 22.8 Å². The number of carbonyl (C=O) groups excluding carboxylic acids is 2. The molecule has 0 bridgehead atoms. The van der Waals surface area contributed by atoms with Crippen LogP contribution in [0.1, 0.15) is 32.7 Å². The predicted molar refractivity (Wildman–Crippen MR) is 126 cm³/mol. The minimum Gasteiger partial charge on any atom is -0.466 e. The third-order valence-corrected chi connectivity index (χ3v) is 7.04. The zero-order valence-electron chi connectivity index (χ0n) is 18.6. The molecule has 1 unspecified atom stereocenters. The van der Waals surface area contributed by atoms with E-state index in [1.54, 1.807) is 18.0 Å². The van der Waals surface area contributed by atoms with Gasteiger partial charge in [0.1, 0.15) is 23.2 Å². The monoisotopic (exact) mass is 515 g/mol. The molecule has 1 fully saturated rings. The van der Waals surface area contributed by atoms with Crippen LogP contribution in [0, 0.1) is 18.7 Å². The first-order chi connectivity index (χ1) is 16.9. The van der Waals surface area contributed by atoms with E-state index in [1.165, 1.54) is 42.8 Å². The number of methoxy groups -OCH3 is 1. The van der Waals surface area contributed by atoms with Crippen molar-refractivity contribution >= 4 is 40.6 Å². The number of ether oxygens (including phenoxy) is 1. The molecule has 2 aliphatic heterocycles. The molecule has 1 N–H and O–H groups in total. The average Bonchev–Trinajstić information content (AvgIpc) is 3.49. The lowest BCUT2D eigenvalue weighted by Crippen LogP contribution is -2.54. The van der Waals surface area contributed by atoms with Crippen molar-refractivity contribution in [3.05, 3.63) is 80.0 Å². The van der Waals surface area contributed by atoms with Crippen LogP contribution in [0.4, 0.5) is 4.39 Å². The minimum atomic E-state index is -0.851. The summed E-state index contributed by atoms with van der Waals surface area (Å²) in [6.45, 7) is 2.37. The Bertz CT molecular complexity index is 1360. The van der Waals surface area contributed by atoms with E-state index >= 15 is 0 Å². The smallest absolute Gasteiger partial charge is 0.338 e. The summed E-state index contributed by atoms with van der Waals surface area (Å²) in [4.78, 5) is 36.5. The number of nitrogens with one attached hydrogen (secondary N) is 1. The number of thiazole rings is 1. The molecule has 0 radical (unpaired) electrons. The van der Waals surface area contributed by atoms with E-state index in [2.05, 4.69) is 15.5 Å². The molecule has 1 atom stereocenters. The molecule has 1 saturated heterocycles. The number of likely N-dealkylation sites (tertiary alicyclic amines) is 1. The number of benzene rings is 1. The Balaban J connectivity index is 1.54. The van der Waals surface area contributed by atoms with Crippen LogP contribution in [0.15, 0.2) is 56.8 Å². The normalized spacial score (nSPS) is 18.1. The maximum Gasteiger partial charge on any atom is 0.338 e. The van der Waals surface area contributed by atoms with Crippen molar-refractivity contribution in [2.24, 2.45) is 10.9 Å². The summed E-state index contributed by atoms with van der Waals surface area (Å²) in [5.41, 5.74) is 1.66. The van der Waals surface area contributed by atoms with Crippen LogP contribution in [0.3, 0.4) is 0 Å². The molecule has 1 aromatic carbocycles. The Morgan fingerprint density at radius 1 is 1.34 bits per heavy atom. The standard InChI is InChI=1S/C23H19ClFN5O4S/c1-11-15(8-27-34-11)22(31)30-9-12(10-30)18-17(23(32)33-2)19(14-4-3-13(25)7-16(14)24)29-20(28-18)21-26-5-6-35-21/h3-8,12,19H,9-10H2,1-2H3,(H,28,29). The van der Waals surface area contributed by atoms with Crippen LogP contribution in [0.5, 0.6) is 0 Å². The number of aliphatic imine (C=N–C) groups is 1. The highest BCUT2D eigenvalue weighted by molar-refractivity contribution is 7.11. The van der Waals surface area contributed by atoms with Gasteiger partial charge in [-0.15, -0.1) is 11.3 Å². The fraction of sp³-hybridized carbons (Fsp3) is 0.261. The largest absolute Gasteiger partial charge is 0.466 e. The topological polar surface area (TPSA) is 110 Å². The summed E-state index contributed by atoms with van der Waals surface area (Å²) in [6, 6.07) is 3.09. The molecule has 5 rings (SSSR count). The number of aromatic nitrogens is 2. The number of aryl methyl sites for hydroxylation is 1. The Labute approximate surface area is 208 Å². The van der Waals surface area contributed by atoms with Crippen LogP contribution in [0.2, 0.25) is 5.02 Å². The van der Waals surface area contributed by atoms with Gasteiger partial charge in [-0.25, -0.2) is 14.2 Å². The summed E-state index contributed by atoms with van der Waals surface area (Å²) in [6.07, 6.45) is 3.04. The van der Waals surface area contributed by atoms with Crippen molar-refractivity contribution in [2.75, 3.05) is 20.2 Å². The molecular formula is C23H19ClFN5O4S.